The van der Waals surface area contributed by atoms with Crippen molar-refractivity contribution in [3.63, 3.8) is 0 Å². The zero-order chi connectivity index (χ0) is 20.0. The molecule has 0 spiro atoms. The van der Waals surface area contributed by atoms with Crippen LogP contribution in [0.3, 0.4) is 0 Å². The lowest BCUT2D eigenvalue weighted by Crippen LogP contribution is -2.28. The predicted octanol–water partition coefficient (Wildman–Crippen LogP) is 3.04. The first-order chi connectivity index (χ1) is 14.1. The maximum atomic E-state index is 13.4. The molecule has 1 N–H and O–H groups in total. The molecule has 5 rings (SSSR count). The molecule has 0 amide bonds. The highest BCUT2D eigenvalue weighted by atomic mass is 19.1. The van der Waals surface area contributed by atoms with Gasteiger partial charge in [-0.25, -0.2) is 9.18 Å². The van der Waals surface area contributed by atoms with Gasteiger partial charge in [-0.3, -0.25) is 14.1 Å². The maximum absolute atomic E-state index is 13.4. The van der Waals surface area contributed by atoms with Crippen molar-refractivity contribution in [3.8, 4) is 0 Å². The third kappa shape index (κ3) is 3.25. The van der Waals surface area contributed by atoms with E-state index in [9.17, 15) is 9.18 Å². The van der Waals surface area contributed by atoms with Gasteiger partial charge in [-0.15, -0.1) is 0 Å². The average molecular weight is 394 g/mol. The Kier molecular flexibility index (Phi) is 4.47. The SMILES string of the molecule is CC1CN=C(c2ccc3c(c2)n(Cc2ccc(F)cc2)c(=O)n3C2CCCO2)N1. The van der Waals surface area contributed by atoms with Crippen LogP contribution in [0.5, 0.6) is 0 Å². The van der Waals surface area contributed by atoms with Gasteiger partial charge in [-0.05, 0) is 55.7 Å². The molecule has 7 heteroatoms. The van der Waals surface area contributed by atoms with E-state index in [1.54, 1.807) is 21.3 Å². The van der Waals surface area contributed by atoms with Crippen LogP contribution in [0.15, 0.2) is 52.3 Å². The molecular weight excluding hydrogens is 371 g/mol. The zero-order valence-electron chi connectivity index (χ0n) is 16.3. The van der Waals surface area contributed by atoms with Crippen LogP contribution in [0.2, 0.25) is 0 Å². The summed E-state index contributed by atoms with van der Waals surface area (Å²) in [5.74, 6) is 0.564. The van der Waals surface area contributed by atoms with Crippen LogP contribution < -0.4 is 11.0 Å². The number of fused-ring (bicyclic) bond motifs is 1. The molecule has 3 aromatic rings. The van der Waals surface area contributed by atoms with Crippen molar-refractivity contribution in [3.05, 3.63) is 69.9 Å². The van der Waals surface area contributed by atoms with Crippen molar-refractivity contribution < 1.29 is 9.13 Å². The summed E-state index contributed by atoms with van der Waals surface area (Å²) in [4.78, 5) is 17.9. The summed E-state index contributed by atoms with van der Waals surface area (Å²) in [5.41, 5.74) is 3.40. The second-order valence-electron chi connectivity index (χ2n) is 7.77. The monoisotopic (exact) mass is 394 g/mol. The van der Waals surface area contributed by atoms with E-state index in [-0.39, 0.29) is 17.7 Å². The number of hydrogen-bond acceptors (Lipinski definition) is 4. The second-order valence-corrected chi connectivity index (χ2v) is 7.77. The summed E-state index contributed by atoms with van der Waals surface area (Å²) in [6.45, 7) is 3.87. The number of aromatic nitrogens is 2. The first-order valence-corrected chi connectivity index (χ1v) is 10.0. The highest BCUT2D eigenvalue weighted by molar-refractivity contribution is 6.02. The lowest BCUT2D eigenvalue weighted by atomic mass is 10.1. The van der Waals surface area contributed by atoms with Crippen molar-refractivity contribution in [2.75, 3.05) is 13.2 Å². The number of ether oxygens (including phenoxy) is 1. The van der Waals surface area contributed by atoms with Gasteiger partial charge in [0.1, 0.15) is 17.9 Å². The summed E-state index contributed by atoms with van der Waals surface area (Å²) in [7, 11) is 0. The fourth-order valence-electron chi connectivity index (χ4n) is 4.12. The molecule has 3 heterocycles. The first-order valence-electron chi connectivity index (χ1n) is 10.0. The molecule has 0 aliphatic carbocycles. The Bertz CT molecular complexity index is 1140. The fraction of sp³-hybridized carbons (Fsp3) is 0.364. The summed E-state index contributed by atoms with van der Waals surface area (Å²) in [6, 6.07) is 12.6. The molecule has 150 valence electrons. The molecule has 0 bridgehead atoms. The summed E-state index contributed by atoms with van der Waals surface area (Å²) < 4.78 is 22.6. The van der Waals surface area contributed by atoms with E-state index in [0.29, 0.717) is 19.2 Å². The molecule has 29 heavy (non-hydrogen) atoms. The number of benzene rings is 2. The highest BCUT2D eigenvalue weighted by Gasteiger charge is 2.25. The molecule has 2 unspecified atom stereocenters. The lowest BCUT2D eigenvalue weighted by Gasteiger charge is -2.11. The number of hydrogen-bond donors (Lipinski definition) is 1. The minimum atomic E-state index is -0.287. The summed E-state index contributed by atoms with van der Waals surface area (Å²) >= 11 is 0. The van der Waals surface area contributed by atoms with Crippen LogP contribution in [-0.4, -0.2) is 34.2 Å². The molecule has 1 saturated heterocycles. The number of aliphatic imine (C=N–C) groups is 1. The van der Waals surface area contributed by atoms with Crippen molar-refractivity contribution in [1.29, 1.82) is 0 Å². The number of nitrogens with one attached hydrogen (secondary N) is 1. The van der Waals surface area contributed by atoms with Crippen LogP contribution in [0.1, 0.15) is 37.1 Å². The topological polar surface area (TPSA) is 60.5 Å². The van der Waals surface area contributed by atoms with Crippen molar-refractivity contribution in [1.82, 2.24) is 14.5 Å². The first kappa shape index (κ1) is 18.1. The van der Waals surface area contributed by atoms with Crippen LogP contribution in [0, 0.1) is 5.82 Å². The predicted molar refractivity (Wildman–Crippen MR) is 110 cm³/mol. The van der Waals surface area contributed by atoms with E-state index in [2.05, 4.69) is 17.2 Å². The third-order valence-corrected chi connectivity index (χ3v) is 5.59. The smallest absolute Gasteiger partial charge is 0.331 e. The molecule has 6 nitrogen and oxygen atoms in total. The van der Waals surface area contributed by atoms with Crippen molar-refractivity contribution in [2.45, 2.75) is 38.6 Å². The zero-order valence-corrected chi connectivity index (χ0v) is 16.3. The number of amidine groups is 1. The molecule has 1 aromatic heterocycles. The van der Waals surface area contributed by atoms with E-state index in [0.717, 1.165) is 47.4 Å². The Morgan fingerprint density at radius 1 is 1.21 bits per heavy atom. The van der Waals surface area contributed by atoms with Gasteiger partial charge >= 0.3 is 5.69 Å². The average Bonchev–Trinajstić information content (AvgIpc) is 3.44. The molecule has 2 aliphatic rings. The number of halogens is 1. The van der Waals surface area contributed by atoms with Crippen LogP contribution in [-0.2, 0) is 11.3 Å². The Labute approximate surface area is 167 Å². The largest absolute Gasteiger partial charge is 0.366 e. The van der Waals surface area contributed by atoms with Crippen molar-refractivity contribution >= 4 is 16.9 Å². The van der Waals surface area contributed by atoms with Crippen LogP contribution in [0.4, 0.5) is 4.39 Å². The number of nitrogens with zero attached hydrogens (tertiary/aromatic N) is 3. The third-order valence-electron chi connectivity index (χ3n) is 5.59. The lowest BCUT2D eigenvalue weighted by molar-refractivity contribution is 0.0567. The molecular formula is C22H23FN4O2. The minimum absolute atomic E-state index is 0.108. The van der Waals surface area contributed by atoms with E-state index in [4.69, 9.17) is 4.74 Å². The Morgan fingerprint density at radius 3 is 2.72 bits per heavy atom. The molecule has 1 fully saturated rings. The van der Waals surface area contributed by atoms with E-state index < -0.39 is 0 Å². The molecule has 2 aliphatic heterocycles. The Morgan fingerprint density at radius 2 is 2.03 bits per heavy atom. The Balaban J connectivity index is 1.64. The van der Waals surface area contributed by atoms with Gasteiger partial charge in [-0.2, -0.15) is 0 Å². The van der Waals surface area contributed by atoms with Crippen LogP contribution in [0.25, 0.3) is 11.0 Å². The van der Waals surface area contributed by atoms with Gasteiger partial charge in [0.05, 0.1) is 24.1 Å². The fourth-order valence-corrected chi connectivity index (χ4v) is 4.12. The van der Waals surface area contributed by atoms with E-state index >= 15 is 0 Å². The molecule has 0 saturated carbocycles. The minimum Gasteiger partial charge on any atom is -0.366 e. The van der Waals surface area contributed by atoms with Gasteiger partial charge in [0.25, 0.3) is 0 Å². The van der Waals surface area contributed by atoms with Gasteiger partial charge in [0.2, 0.25) is 0 Å². The summed E-state index contributed by atoms with van der Waals surface area (Å²) in [6.07, 6.45) is 1.52. The van der Waals surface area contributed by atoms with Gasteiger partial charge in [0.15, 0.2) is 0 Å². The summed E-state index contributed by atoms with van der Waals surface area (Å²) in [5, 5.41) is 3.38. The van der Waals surface area contributed by atoms with Crippen molar-refractivity contribution in [2.24, 2.45) is 4.99 Å². The van der Waals surface area contributed by atoms with Gasteiger partial charge in [-0.1, -0.05) is 12.1 Å². The normalized spacial score (nSPS) is 21.5. The highest BCUT2D eigenvalue weighted by Crippen LogP contribution is 2.27. The quantitative estimate of drug-likeness (QED) is 0.740. The molecule has 2 aromatic carbocycles. The van der Waals surface area contributed by atoms with E-state index in [1.165, 1.54) is 12.1 Å². The van der Waals surface area contributed by atoms with E-state index in [1.807, 2.05) is 18.2 Å². The Hall–Kier alpha value is -2.93. The van der Waals surface area contributed by atoms with Gasteiger partial charge < -0.3 is 10.1 Å². The standard InChI is InChI=1S/C22H23FN4O2/c1-14-12-24-21(25-14)16-6-9-18-19(11-16)26(13-15-4-7-17(23)8-5-15)22(28)27(18)20-3-2-10-29-20/h4-9,11,14,20H,2-3,10,12-13H2,1H3,(H,24,25). The molecule has 0 radical (unpaired) electrons. The number of rotatable bonds is 4. The molecule has 2 atom stereocenters. The van der Waals surface area contributed by atoms with Gasteiger partial charge in [0, 0.05) is 18.2 Å². The number of imidazole rings is 1. The van der Waals surface area contributed by atoms with Crippen LogP contribution >= 0.6 is 0 Å². The second kappa shape index (κ2) is 7.15. The maximum Gasteiger partial charge on any atom is 0.331 e.